The molecule has 0 unspecified atom stereocenters. The molecule has 3 aliphatic rings. The smallest absolute Gasteiger partial charge is 0.265 e. The van der Waals surface area contributed by atoms with Crippen LogP contribution < -0.4 is 14.7 Å². The lowest BCUT2D eigenvalue weighted by Gasteiger charge is -2.36. The van der Waals surface area contributed by atoms with E-state index in [0.717, 1.165) is 50.8 Å². The number of amides is 2. The minimum atomic E-state index is -0.239. The van der Waals surface area contributed by atoms with Gasteiger partial charge < -0.3 is 14.7 Å². The fraction of sp³-hybridized carbons (Fsp3) is 0.444. The maximum absolute atomic E-state index is 13.5. The lowest BCUT2D eigenvalue weighted by Crippen LogP contribution is -2.48. The van der Waals surface area contributed by atoms with Gasteiger partial charge in [0.25, 0.3) is 11.8 Å². The molecular weight excluding hydrogens is 496 g/mol. The van der Waals surface area contributed by atoms with E-state index in [9.17, 15) is 9.59 Å². The van der Waals surface area contributed by atoms with Crippen LogP contribution in [-0.4, -0.2) is 112 Å². The van der Waals surface area contributed by atoms with Crippen molar-refractivity contribution in [3.8, 4) is 0 Å². The first kappa shape index (κ1) is 25.1. The van der Waals surface area contributed by atoms with E-state index in [1.165, 1.54) is 4.90 Å². The second-order valence-corrected chi connectivity index (χ2v) is 10.0. The zero-order valence-electron chi connectivity index (χ0n) is 22.1. The number of aryl methyl sites for hydroxylation is 1. The van der Waals surface area contributed by atoms with Crippen molar-refractivity contribution < 1.29 is 9.59 Å². The van der Waals surface area contributed by atoms with E-state index in [1.807, 2.05) is 13.0 Å². The monoisotopic (exact) mass is 528 g/mol. The maximum atomic E-state index is 13.5. The maximum Gasteiger partial charge on any atom is 0.265 e. The first-order valence-electron chi connectivity index (χ1n) is 13.5. The average molecular weight is 529 g/mol. The molecule has 6 heterocycles. The Labute approximate surface area is 227 Å². The number of aromatic nitrogens is 5. The molecule has 202 valence electrons. The molecule has 3 aliphatic heterocycles. The number of hydrogen-bond acceptors (Lipinski definition) is 11. The first-order chi connectivity index (χ1) is 19.1. The van der Waals surface area contributed by atoms with Crippen LogP contribution in [0.15, 0.2) is 43.0 Å². The number of imide groups is 1. The number of carbonyl (C=O) groups is 2. The molecule has 3 aromatic rings. The van der Waals surface area contributed by atoms with E-state index in [0.29, 0.717) is 55.6 Å². The quantitative estimate of drug-likeness (QED) is 0.411. The fourth-order valence-corrected chi connectivity index (χ4v) is 5.49. The molecule has 0 aromatic carbocycles. The third-order valence-corrected chi connectivity index (χ3v) is 7.54. The van der Waals surface area contributed by atoms with Gasteiger partial charge in [-0.15, -0.1) is 0 Å². The summed E-state index contributed by atoms with van der Waals surface area (Å²) in [6.45, 7) is 9.36. The molecular formula is C27H32N10O2. The molecule has 0 bridgehead atoms. The van der Waals surface area contributed by atoms with E-state index in [2.05, 4.69) is 39.5 Å². The number of pyridine rings is 1. The van der Waals surface area contributed by atoms with Gasteiger partial charge in [-0.25, -0.2) is 24.9 Å². The second kappa shape index (κ2) is 10.9. The Morgan fingerprint density at radius 3 is 1.82 bits per heavy atom. The summed E-state index contributed by atoms with van der Waals surface area (Å²) in [7, 11) is 0. The third-order valence-electron chi connectivity index (χ3n) is 7.54. The van der Waals surface area contributed by atoms with Crippen LogP contribution in [0.4, 0.5) is 17.7 Å². The topological polar surface area (TPSA) is 115 Å². The van der Waals surface area contributed by atoms with Crippen LogP contribution in [0.5, 0.6) is 0 Å². The van der Waals surface area contributed by atoms with Crippen molar-refractivity contribution in [3.05, 3.63) is 59.8 Å². The number of fused-ring (bicyclic) bond motifs is 1. The fourth-order valence-electron chi connectivity index (χ4n) is 5.49. The van der Waals surface area contributed by atoms with Gasteiger partial charge in [-0.2, -0.15) is 0 Å². The molecule has 2 fully saturated rings. The Balaban J connectivity index is 1.07. The molecule has 12 heteroatoms. The SMILES string of the molecule is Cc1cc2c(c(N3CCN(c4ncccn4)CC3)n1)C(=O)N(CCCN1CCN(c3ncccn3)CC1)C2=O. The van der Waals surface area contributed by atoms with Gasteiger partial charge in [-0.3, -0.25) is 19.4 Å². The summed E-state index contributed by atoms with van der Waals surface area (Å²) in [5.41, 5.74) is 1.64. The van der Waals surface area contributed by atoms with Gasteiger partial charge in [0, 0.05) is 89.4 Å². The third kappa shape index (κ3) is 5.11. The molecule has 0 saturated carbocycles. The van der Waals surface area contributed by atoms with E-state index in [-0.39, 0.29) is 11.8 Å². The van der Waals surface area contributed by atoms with Crippen molar-refractivity contribution in [1.82, 2.24) is 34.7 Å². The van der Waals surface area contributed by atoms with Gasteiger partial charge in [0.1, 0.15) is 5.82 Å². The van der Waals surface area contributed by atoms with Gasteiger partial charge in [-0.05, 0) is 38.1 Å². The van der Waals surface area contributed by atoms with Gasteiger partial charge in [-0.1, -0.05) is 0 Å². The second-order valence-electron chi connectivity index (χ2n) is 10.0. The normalized spacial score (nSPS) is 18.2. The van der Waals surface area contributed by atoms with E-state index in [4.69, 9.17) is 4.98 Å². The number of rotatable bonds is 7. The van der Waals surface area contributed by atoms with Crippen molar-refractivity contribution in [2.24, 2.45) is 0 Å². The minimum absolute atomic E-state index is 0.218. The minimum Gasteiger partial charge on any atom is -0.352 e. The molecule has 12 nitrogen and oxygen atoms in total. The van der Waals surface area contributed by atoms with Crippen molar-refractivity contribution in [2.45, 2.75) is 13.3 Å². The van der Waals surface area contributed by atoms with E-state index >= 15 is 0 Å². The van der Waals surface area contributed by atoms with Crippen molar-refractivity contribution in [2.75, 3.05) is 80.1 Å². The van der Waals surface area contributed by atoms with E-state index < -0.39 is 0 Å². The van der Waals surface area contributed by atoms with Crippen LogP contribution in [0.3, 0.4) is 0 Å². The number of anilines is 3. The largest absolute Gasteiger partial charge is 0.352 e. The summed E-state index contributed by atoms with van der Waals surface area (Å²) in [6.07, 6.45) is 7.73. The predicted molar refractivity (Wildman–Crippen MR) is 146 cm³/mol. The molecule has 39 heavy (non-hydrogen) atoms. The molecule has 0 spiro atoms. The number of piperazine rings is 2. The van der Waals surface area contributed by atoms with Crippen molar-refractivity contribution in [1.29, 1.82) is 0 Å². The molecule has 2 saturated heterocycles. The lowest BCUT2D eigenvalue weighted by molar-refractivity contribution is 0.0647. The molecule has 2 amide bonds. The van der Waals surface area contributed by atoms with Crippen molar-refractivity contribution >= 4 is 29.5 Å². The Bertz CT molecular complexity index is 1320. The highest BCUT2D eigenvalue weighted by atomic mass is 16.2. The Hall–Kier alpha value is -4.19. The van der Waals surface area contributed by atoms with E-state index in [1.54, 1.807) is 36.9 Å². The average Bonchev–Trinajstić information content (AvgIpc) is 3.22. The summed E-state index contributed by atoms with van der Waals surface area (Å²) in [4.78, 5) is 59.1. The standard InChI is InChI=1S/C27H32N10O2/c1-20-19-21-22(23(32-20)34-15-17-36(18-16-34)27-30-7-3-8-31-27)25(39)37(24(21)38)10-4-9-33-11-13-35(14-12-33)26-28-5-2-6-29-26/h2-3,5-8,19H,4,9-18H2,1H3. The predicted octanol–water partition coefficient (Wildman–Crippen LogP) is 1.10. The summed E-state index contributed by atoms with van der Waals surface area (Å²) in [5, 5.41) is 0. The molecule has 3 aromatic heterocycles. The number of nitrogens with zero attached hydrogens (tertiary/aromatic N) is 10. The Morgan fingerprint density at radius 2 is 1.23 bits per heavy atom. The summed E-state index contributed by atoms with van der Waals surface area (Å²) < 4.78 is 0. The molecule has 6 rings (SSSR count). The van der Waals surface area contributed by atoms with Crippen molar-refractivity contribution in [3.63, 3.8) is 0 Å². The zero-order chi connectivity index (χ0) is 26.8. The van der Waals surface area contributed by atoms with Crippen LogP contribution in [0.25, 0.3) is 0 Å². The highest BCUT2D eigenvalue weighted by Crippen LogP contribution is 2.32. The van der Waals surface area contributed by atoms with Gasteiger partial charge in [0.15, 0.2) is 0 Å². The van der Waals surface area contributed by atoms with Crippen LogP contribution in [-0.2, 0) is 0 Å². The highest BCUT2D eigenvalue weighted by Gasteiger charge is 2.40. The van der Waals surface area contributed by atoms with Gasteiger partial charge in [0.2, 0.25) is 11.9 Å². The number of hydrogen-bond donors (Lipinski definition) is 0. The molecule has 0 aliphatic carbocycles. The Kier molecular flexibility index (Phi) is 7.01. The summed E-state index contributed by atoms with van der Waals surface area (Å²) in [6, 6.07) is 5.37. The van der Waals surface area contributed by atoms with Crippen LogP contribution in [0.2, 0.25) is 0 Å². The van der Waals surface area contributed by atoms with Gasteiger partial charge >= 0.3 is 0 Å². The lowest BCUT2D eigenvalue weighted by atomic mass is 10.1. The van der Waals surface area contributed by atoms with Crippen LogP contribution >= 0.6 is 0 Å². The number of carbonyl (C=O) groups excluding carboxylic acids is 2. The van der Waals surface area contributed by atoms with Crippen LogP contribution in [0.1, 0.15) is 32.8 Å². The molecule has 0 N–H and O–H groups in total. The highest BCUT2D eigenvalue weighted by molar-refractivity contribution is 6.23. The summed E-state index contributed by atoms with van der Waals surface area (Å²) >= 11 is 0. The summed E-state index contributed by atoms with van der Waals surface area (Å²) in [5.74, 6) is 1.62. The Morgan fingerprint density at radius 1 is 0.692 bits per heavy atom. The molecule has 0 radical (unpaired) electrons. The first-order valence-corrected chi connectivity index (χ1v) is 13.5. The van der Waals surface area contributed by atoms with Crippen LogP contribution in [0, 0.1) is 6.92 Å². The zero-order valence-corrected chi connectivity index (χ0v) is 22.1. The van der Waals surface area contributed by atoms with Gasteiger partial charge in [0.05, 0.1) is 11.1 Å². The molecule has 0 atom stereocenters.